The van der Waals surface area contributed by atoms with Crippen molar-refractivity contribution < 1.29 is 4.79 Å². The zero-order valence-electron chi connectivity index (χ0n) is 14.4. The van der Waals surface area contributed by atoms with Crippen molar-refractivity contribution in [1.82, 2.24) is 9.97 Å². The van der Waals surface area contributed by atoms with Gasteiger partial charge >= 0.3 is 0 Å². The Morgan fingerprint density at radius 1 is 1.04 bits per heavy atom. The Hall–Kier alpha value is -2.43. The Morgan fingerprint density at radius 2 is 1.71 bits per heavy atom. The number of anilines is 2. The molecule has 0 spiro atoms. The number of carbonyl (C=O) groups is 1. The smallest absolute Gasteiger partial charge is 0.258 e. The standard InChI is InChI=1S/C19H24N4O/c1-14-8-7-9-17(15(14)2)22-18(24)16-12-20-19(21-13-16)23-10-5-3-4-6-11-23/h7-9,12-13H,3-6,10-11H2,1-2H3,(H,22,24). The third-order valence-electron chi connectivity index (χ3n) is 4.64. The SMILES string of the molecule is Cc1cccc(NC(=O)c2cnc(N3CCCCCC3)nc2)c1C. The number of carbonyl (C=O) groups excluding carboxylic acids is 1. The predicted molar refractivity (Wildman–Crippen MR) is 96.6 cm³/mol. The summed E-state index contributed by atoms with van der Waals surface area (Å²) in [7, 11) is 0. The lowest BCUT2D eigenvalue weighted by molar-refractivity contribution is 0.102. The van der Waals surface area contributed by atoms with Gasteiger partial charge in [0.25, 0.3) is 5.91 Å². The molecule has 5 heteroatoms. The maximum atomic E-state index is 12.4. The van der Waals surface area contributed by atoms with E-state index in [1.54, 1.807) is 12.4 Å². The zero-order valence-corrected chi connectivity index (χ0v) is 14.4. The number of nitrogens with one attached hydrogen (secondary N) is 1. The summed E-state index contributed by atoms with van der Waals surface area (Å²) in [6.45, 7) is 6.02. The number of aryl methyl sites for hydroxylation is 1. The quantitative estimate of drug-likeness (QED) is 0.934. The first kappa shape index (κ1) is 16.4. The van der Waals surface area contributed by atoms with Crippen LogP contribution in [0.2, 0.25) is 0 Å². The number of hydrogen-bond acceptors (Lipinski definition) is 4. The van der Waals surface area contributed by atoms with Gasteiger partial charge in [0.15, 0.2) is 0 Å². The molecule has 1 aromatic heterocycles. The van der Waals surface area contributed by atoms with E-state index < -0.39 is 0 Å². The van der Waals surface area contributed by atoms with Crippen molar-refractivity contribution in [2.24, 2.45) is 0 Å². The predicted octanol–water partition coefficient (Wildman–Crippen LogP) is 3.73. The van der Waals surface area contributed by atoms with Crippen LogP contribution in [0.5, 0.6) is 0 Å². The van der Waals surface area contributed by atoms with Crippen LogP contribution in [0.3, 0.4) is 0 Å². The molecule has 0 bridgehead atoms. The van der Waals surface area contributed by atoms with Gasteiger partial charge in [0.2, 0.25) is 5.95 Å². The molecule has 0 radical (unpaired) electrons. The second-order valence-electron chi connectivity index (χ2n) is 6.37. The summed E-state index contributed by atoms with van der Waals surface area (Å²) in [5.41, 5.74) is 3.54. The van der Waals surface area contributed by atoms with Crippen LogP contribution in [0, 0.1) is 13.8 Å². The Kier molecular flexibility index (Phi) is 5.08. The molecule has 1 aliphatic rings. The van der Waals surface area contributed by atoms with E-state index in [0.29, 0.717) is 5.56 Å². The minimum Gasteiger partial charge on any atom is -0.341 e. The summed E-state index contributed by atoms with van der Waals surface area (Å²) in [5.74, 6) is 0.548. The fraction of sp³-hybridized carbons (Fsp3) is 0.421. The first-order valence-electron chi connectivity index (χ1n) is 8.60. The summed E-state index contributed by atoms with van der Waals surface area (Å²) in [4.78, 5) is 23.4. The first-order valence-corrected chi connectivity index (χ1v) is 8.60. The van der Waals surface area contributed by atoms with Gasteiger partial charge in [0.1, 0.15) is 0 Å². The van der Waals surface area contributed by atoms with Crippen LogP contribution in [-0.2, 0) is 0 Å². The molecule has 1 aromatic carbocycles. The lowest BCUT2D eigenvalue weighted by atomic mass is 10.1. The monoisotopic (exact) mass is 324 g/mol. The fourth-order valence-corrected chi connectivity index (χ4v) is 2.95. The molecule has 1 N–H and O–H groups in total. The van der Waals surface area contributed by atoms with Crippen LogP contribution in [0.4, 0.5) is 11.6 Å². The molecule has 126 valence electrons. The first-order chi connectivity index (χ1) is 11.6. The number of rotatable bonds is 3. The molecule has 24 heavy (non-hydrogen) atoms. The van der Waals surface area contributed by atoms with Crippen LogP contribution in [-0.4, -0.2) is 29.0 Å². The van der Waals surface area contributed by atoms with E-state index in [-0.39, 0.29) is 5.91 Å². The summed E-state index contributed by atoms with van der Waals surface area (Å²) in [5, 5.41) is 2.94. The number of benzene rings is 1. The van der Waals surface area contributed by atoms with Crippen LogP contribution < -0.4 is 10.2 Å². The van der Waals surface area contributed by atoms with E-state index in [4.69, 9.17) is 0 Å². The van der Waals surface area contributed by atoms with Crippen molar-refractivity contribution in [2.45, 2.75) is 39.5 Å². The van der Waals surface area contributed by atoms with Gasteiger partial charge in [0, 0.05) is 31.2 Å². The van der Waals surface area contributed by atoms with E-state index in [0.717, 1.165) is 35.9 Å². The maximum absolute atomic E-state index is 12.4. The van der Waals surface area contributed by atoms with Gasteiger partial charge in [-0.05, 0) is 43.9 Å². The van der Waals surface area contributed by atoms with Gasteiger partial charge in [-0.1, -0.05) is 25.0 Å². The maximum Gasteiger partial charge on any atom is 0.258 e. The van der Waals surface area contributed by atoms with Crippen molar-refractivity contribution in [3.63, 3.8) is 0 Å². The van der Waals surface area contributed by atoms with E-state index in [2.05, 4.69) is 20.2 Å². The van der Waals surface area contributed by atoms with Gasteiger partial charge in [-0.3, -0.25) is 4.79 Å². The topological polar surface area (TPSA) is 58.1 Å². The summed E-state index contributed by atoms with van der Waals surface area (Å²) in [6.07, 6.45) is 8.14. The molecule has 0 unspecified atom stereocenters. The molecule has 1 aliphatic heterocycles. The highest BCUT2D eigenvalue weighted by molar-refractivity contribution is 6.04. The van der Waals surface area contributed by atoms with E-state index >= 15 is 0 Å². The van der Waals surface area contributed by atoms with Gasteiger partial charge < -0.3 is 10.2 Å². The summed E-state index contributed by atoms with van der Waals surface area (Å²) < 4.78 is 0. The molecule has 1 fully saturated rings. The van der Waals surface area contributed by atoms with Crippen molar-refractivity contribution in [3.05, 3.63) is 47.3 Å². The second-order valence-corrected chi connectivity index (χ2v) is 6.37. The molecule has 0 atom stereocenters. The zero-order chi connectivity index (χ0) is 16.9. The number of amides is 1. The third kappa shape index (κ3) is 3.72. The van der Waals surface area contributed by atoms with Crippen LogP contribution in [0.1, 0.15) is 47.2 Å². The molecule has 0 aliphatic carbocycles. The molecule has 5 nitrogen and oxygen atoms in total. The number of aromatic nitrogens is 2. The molecule has 0 saturated carbocycles. The average molecular weight is 324 g/mol. The molecule has 1 amide bonds. The van der Waals surface area contributed by atoms with Gasteiger partial charge in [-0.25, -0.2) is 9.97 Å². The molecule has 2 heterocycles. The number of nitrogens with zero attached hydrogens (tertiary/aromatic N) is 3. The van der Waals surface area contributed by atoms with Gasteiger partial charge in [0.05, 0.1) is 5.56 Å². The molecular formula is C19H24N4O. The van der Waals surface area contributed by atoms with Crippen LogP contribution >= 0.6 is 0 Å². The normalized spacial score (nSPS) is 15.0. The average Bonchev–Trinajstić information content (AvgIpc) is 2.88. The molecule has 2 aromatic rings. The van der Waals surface area contributed by atoms with Crippen LogP contribution in [0.15, 0.2) is 30.6 Å². The van der Waals surface area contributed by atoms with E-state index in [1.165, 1.54) is 25.7 Å². The molecule has 3 rings (SSSR count). The van der Waals surface area contributed by atoms with Crippen molar-refractivity contribution >= 4 is 17.5 Å². The molecular weight excluding hydrogens is 300 g/mol. The van der Waals surface area contributed by atoms with E-state index in [1.807, 2.05) is 32.0 Å². The van der Waals surface area contributed by atoms with Crippen molar-refractivity contribution in [2.75, 3.05) is 23.3 Å². The highest BCUT2D eigenvalue weighted by Gasteiger charge is 2.14. The summed E-state index contributed by atoms with van der Waals surface area (Å²) >= 11 is 0. The van der Waals surface area contributed by atoms with Crippen molar-refractivity contribution in [1.29, 1.82) is 0 Å². The van der Waals surface area contributed by atoms with E-state index in [9.17, 15) is 4.79 Å². The van der Waals surface area contributed by atoms with Crippen LogP contribution in [0.25, 0.3) is 0 Å². The van der Waals surface area contributed by atoms with Crippen molar-refractivity contribution in [3.8, 4) is 0 Å². The fourth-order valence-electron chi connectivity index (χ4n) is 2.95. The summed E-state index contributed by atoms with van der Waals surface area (Å²) in [6, 6.07) is 5.88. The highest BCUT2D eigenvalue weighted by atomic mass is 16.1. The lowest BCUT2D eigenvalue weighted by Gasteiger charge is -2.19. The molecule has 1 saturated heterocycles. The largest absolute Gasteiger partial charge is 0.341 e. The Morgan fingerprint density at radius 3 is 2.38 bits per heavy atom. The van der Waals surface area contributed by atoms with Gasteiger partial charge in [-0.15, -0.1) is 0 Å². The lowest BCUT2D eigenvalue weighted by Crippen LogP contribution is -2.26. The highest BCUT2D eigenvalue weighted by Crippen LogP contribution is 2.19. The van der Waals surface area contributed by atoms with Gasteiger partial charge in [-0.2, -0.15) is 0 Å². The minimum atomic E-state index is -0.175. The second kappa shape index (κ2) is 7.43. The third-order valence-corrected chi connectivity index (χ3v) is 4.64. The Labute approximate surface area is 143 Å². The minimum absolute atomic E-state index is 0.175. The Balaban J connectivity index is 1.70. The Bertz CT molecular complexity index is 704. The number of hydrogen-bond donors (Lipinski definition) is 1.